The number of carbonyl (C=O) groups excluding carboxylic acids is 2. The number of aromatic nitrogens is 1. The van der Waals surface area contributed by atoms with Gasteiger partial charge in [0.15, 0.2) is 0 Å². The minimum Gasteiger partial charge on any atom is -0.485 e. The van der Waals surface area contributed by atoms with E-state index in [1.165, 1.54) is 7.11 Å². The van der Waals surface area contributed by atoms with Crippen LogP contribution in [0.2, 0.25) is 0 Å². The van der Waals surface area contributed by atoms with Gasteiger partial charge in [-0.05, 0) is 46.8 Å². The normalized spacial score (nSPS) is 20.2. The topological polar surface area (TPSA) is 78.0 Å². The van der Waals surface area contributed by atoms with Gasteiger partial charge in [-0.2, -0.15) is 0 Å². The highest BCUT2D eigenvalue weighted by Gasteiger charge is 2.42. The second kappa shape index (κ2) is 6.67. The molecule has 2 atom stereocenters. The van der Waals surface area contributed by atoms with Gasteiger partial charge in [-0.1, -0.05) is 0 Å². The van der Waals surface area contributed by atoms with E-state index in [1.54, 1.807) is 24.0 Å². The molecule has 1 aliphatic rings. The second-order valence-corrected chi connectivity index (χ2v) is 6.80. The Morgan fingerprint density at radius 1 is 1.29 bits per heavy atom. The highest BCUT2D eigenvalue weighted by Crippen LogP contribution is 2.27. The average molecular weight is 336 g/mol. The summed E-state index contributed by atoms with van der Waals surface area (Å²) in [7, 11) is 1.31. The molecule has 0 unspecified atom stereocenters. The van der Waals surface area contributed by atoms with E-state index in [0.29, 0.717) is 18.0 Å². The predicted octanol–water partition coefficient (Wildman–Crippen LogP) is 2.56. The molecule has 1 aliphatic heterocycles. The standard InChI is InChI=1S/C17H24N2O5/c1-10-13(8-7-12(18-10)15(20)22-6)23-14-9-19(11(14)2)16(21)24-17(3,4)5/h7-8,11,14H,9H2,1-6H3/t11-,14+/m1/s1. The number of amides is 1. The van der Waals surface area contributed by atoms with Crippen LogP contribution in [-0.4, -0.2) is 53.3 Å². The van der Waals surface area contributed by atoms with Gasteiger partial charge >= 0.3 is 12.1 Å². The fourth-order valence-electron chi connectivity index (χ4n) is 2.33. The lowest BCUT2D eigenvalue weighted by Gasteiger charge is -2.45. The first kappa shape index (κ1) is 18.0. The van der Waals surface area contributed by atoms with Crippen LogP contribution >= 0.6 is 0 Å². The van der Waals surface area contributed by atoms with Crippen molar-refractivity contribution in [2.45, 2.75) is 52.4 Å². The quantitative estimate of drug-likeness (QED) is 0.790. The number of hydrogen-bond donors (Lipinski definition) is 0. The van der Waals surface area contributed by atoms with Crippen molar-refractivity contribution in [2.24, 2.45) is 0 Å². The van der Waals surface area contributed by atoms with Crippen LogP contribution < -0.4 is 4.74 Å². The van der Waals surface area contributed by atoms with E-state index >= 15 is 0 Å². The maximum atomic E-state index is 12.1. The van der Waals surface area contributed by atoms with E-state index in [4.69, 9.17) is 9.47 Å². The molecule has 24 heavy (non-hydrogen) atoms. The van der Waals surface area contributed by atoms with Crippen molar-refractivity contribution in [3.63, 3.8) is 0 Å². The summed E-state index contributed by atoms with van der Waals surface area (Å²) in [5.41, 5.74) is 0.313. The van der Waals surface area contributed by atoms with Crippen LogP contribution in [0, 0.1) is 6.92 Å². The van der Waals surface area contributed by atoms with Gasteiger partial charge in [-0.25, -0.2) is 14.6 Å². The van der Waals surface area contributed by atoms with E-state index in [9.17, 15) is 9.59 Å². The Balaban J connectivity index is 1.97. The molecular weight excluding hydrogens is 312 g/mol. The van der Waals surface area contributed by atoms with E-state index < -0.39 is 11.6 Å². The number of hydrogen-bond acceptors (Lipinski definition) is 6. The van der Waals surface area contributed by atoms with Crippen molar-refractivity contribution < 1.29 is 23.8 Å². The molecule has 7 heteroatoms. The SMILES string of the molecule is COC(=O)c1ccc(O[C@H]2CN(C(=O)OC(C)(C)C)[C@@H]2C)c(C)n1. The van der Waals surface area contributed by atoms with Crippen LogP contribution in [0.3, 0.4) is 0 Å². The number of likely N-dealkylation sites (tertiary alicyclic amines) is 1. The number of ether oxygens (including phenoxy) is 3. The van der Waals surface area contributed by atoms with Gasteiger partial charge in [0.1, 0.15) is 23.1 Å². The molecule has 0 N–H and O–H groups in total. The number of carbonyl (C=O) groups is 2. The summed E-state index contributed by atoms with van der Waals surface area (Å²) in [5.74, 6) is 0.0982. The van der Waals surface area contributed by atoms with Crippen LogP contribution in [0.15, 0.2) is 12.1 Å². The first-order valence-corrected chi connectivity index (χ1v) is 7.84. The van der Waals surface area contributed by atoms with Crippen LogP contribution in [0.4, 0.5) is 4.79 Å². The molecule has 0 aromatic carbocycles. The highest BCUT2D eigenvalue weighted by molar-refractivity contribution is 5.87. The van der Waals surface area contributed by atoms with E-state index in [2.05, 4.69) is 9.72 Å². The molecule has 2 rings (SSSR count). The Labute approximate surface area is 141 Å². The maximum absolute atomic E-state index is 12.1. The molecule has 1 aromatic heterocycles. The Hall–Kier alpha value is -2.31. The number of methoxy groups -OCH3 is 1. The van der Waals surface area contributed by atoms with Crippen molar-refractivity contribution in [3.05, 3.63) is 23.5 Å². The van der Waals surface area contributed by atoms with E-state index in [1.807, 2.05) is 27.7 Å². The summed E-state index contributed by atoms with van der Waals surface area (Å²) in [6, 6.07) is 3.15. The average Bonchev–Trinajstić information content (AvgIpc) is 2.48. The summed E-state index contributed by atoms with van der Waals surface area (Å²) in [4.78, 5) is 29.3. The second-order valence-electron chi connectivity index (χ2n) is 6.80. The van der Waals surface area contributed by atoms with Crippen LogP contribution in [-0.2, 0) is 9.47 Å². The number of pyridine rings is 1. The fourth-order valence-corrected chi connectivity index (χ4v) is 2.33. The van der Waals surface area contributed by atoms with Crippen LogP contribution in [0.25, 0.3) is 0 Å². The third-order valence-corrected chi connectivity index (χ3v) is 3.74. The predicted molar refractivity (Wildman–Crippen MR) is 87.1 cm³/mol. The van der Waals surface area contributed by atoms with Gasteiger partial charge in [0.25, 0.3) is 0 Å². The number of esters is 1. The molecular formula is C17H24N2O5. The first-order valence-electron chi connectivity index (χ1n) is 7.84. The zero-order valence-corrected chi connectivity index (χ0v) is 15.0. The first-order chi connectivity index (χ1) is 11.1. The monoisotopic (exact) mass is 336 g/mol. The van der Waals surface area contributed by atoms with Crippen molar-refractivity contribution in [2.75, 3.05) is 13.7 Å². The number of rotatable bonds is 3. The van der Waals surface area contributed by atoms with Crippen molar-refractivity contribution in [1.29, 1.82) is 0 Å². The molecule has 2 heterocycles. The molecule has 7 nitrogen and oxygen atoms in total. The Morgan fingerprint density at radius 3 is 2.46 bits per heavy atom. The molecule has 0 radical (unpaired) electrons. The minimum absolute atomic E-state index is 0.0977. The fraction of sp³-hybridized carbons (Fsp3) is 0.588. The molecule has 0 spiro atoms. The molecule has 0 saturated carbocycles. The summed E-state index contributed by atoms with van der Waals surface area (Å²) in [5, 5.41) is 0. The molecule has 0 bridgehead atoms. The van der Waals surface area contributed by atoms with Gasteiger partial charge in [-0.15, -0.1) is 0 Å². The third-order valence-electron chi connectivity index (χ3n) is 3.74. The molecule has 1 aromatic rings. The molecule has 1 saturated heterocycles. The third kappa shape index (κ3) is 3.96. The van der Waals surface area contributed by atoms with E-state index in [0.717, 1.165) is 0 Å². The van der Waals surface area contributed by atoms with Crippen molar-refractivity contribution >= 4 is 12.1 Å². The number of nitrogens with zero attached hydrogens (tertiary/aromatic N) is 2. The van der Waals surface area contributed by atoms with Crippen LogP contribution in [0.1, 0.15) is 43.9 Å². The lowest BCUT2D eigenvalue weighted by atomic mass is 10.0. The van der Waals surface area contributed by atoms with Crippen molar-refractivity contribution in [1.82, 2.24) is 9.88 Å². The smallest absolute Gasteiger partial charge is 0.410 e. The Kier molecular flexibility index (Phi) is 5.01. The maximum Gasteiger partial charge on any atom is 0.410 e. The van der Waals surface area contributed by atoms with Crippen molar-refractivity contribution in [3.8, 4) is 5.75 Å². The van der Waals surface area contributed by atoms with E-state index in [-0.39, 0.29) is 23.9 Å². The largest absolute Gasteiger partial charge is 0.485 e. The lowest BCUT2D eigenvalue weighted by molar-refractivity contribution is -0.0539. The van der Waals surface area contributed by atoms with Gasteiger partial charge in [-0.3, -0.25) is 4.90 Å². The van der Waals surface area contributed by atoms with Gasteiger partial charge in [0, 0.05) is 0 Å². The molecule has 1 amide bonds. The summed E-state index contributed by atoms with van der Waals surface area (Å²) in [6.45, 7) is 9.62. The zero-order chi connectivity index (χ0) is 18.1. The number of aryl methyl sites for hydroxylation is 1. The van der Waals surface area contributed by atoms with Gasteiger partial charge in [0.2, 0.25) is 0 Å². The van der Waals surface area contributed by atoms with Crippen LogP contribution in [0.5, 0.6) is 5.75 Å². The lowest BCUT2D eigenvalue weighted by Crippen LogP contribution is -2.63. The highest BCUT2D eigenvalue weighted by atomic mass is 16.6. The van der Waals surface area contributed by atoms with Gasteiger partial charge in [0.05, 0.1) is 25.4 Å². The Morgan fingerprint density at radius 2 is 1.96 bits per heavy atom. The Bertz CT molecular complexity index is 638. The molecule has 132 valence electrons. The molecule has 0 aliphatic carbocycles. The summed E-state index contributed by atoms with van der Waals surface area (Å²) < 4.78 is 15.9. The summed E-state index contributed by atoms with van der Waals surface area (Å²) >= 11 is 0. The molecule has 1 fully saturated rings. The zero-order valence-electron chi connectivity index (χ0n) is 15.0. The minimum atomic E-state index is -0.521. The van der Waals surface area contributed by atoms with Gasteiger partial charge < -0.3 is 14.2 Å². The summed E-state index contributed by atoms with van der Waals surface area (Å²) in [6.07, 6.45) is -0.479.